The average Bonchev–Trinajstić information content (AvgIpc) is 3.08. The third kappa shape index (κ3) is 3.18. The number of halogens is 1. The number of carboxylic acids is 1. The Morgan fingerprint density at radius 2 is 2.00 bits per heavy atom. The van der Waals surface area contributed by atoms with Gasteiger partial charge >= 0.3 is 5.97 Å². The maximum Gasteiger partial charge on any atom is 0.337 e. The number of benzene rings is 2. The van der Waals surface area contributed by atoms with Crippen molar-refractivity contribution in [1.29, 1.82) is 0 Å². The summed E-state index contributed by atoms with van der Waals surface area (Å²) in [6.45, 7) is 0.329. The Hall–Kier alpha value is -3.22. The molecule has 23 heavy (non-hydrogen) atoms. The summed E-state index contributed by atoms with van der Waals surface area (Å²) in [7, 11) is 0. The molecule has 0 aliphatic carbocycles. The molecule has 0 unspecified atom stereocenters. The highest BCUT2D eigenvalue weighted by molar-refractivity contribution is 5.98. The lowest BCUT2D eigenvalue weighted by Gasteiger charge is -2.13. The van der Waals surface area contributed by atoms with Crippen LogP contribution in [0.3, 0.4) is 0 Å². The van der Waals surface area contributed by atoms with Gasteiger partial charge in [-0.2, -0.15) is 4.98 Å². The molecule has 0 fully saturated rings. The zero-order chi connectivity index (χ0) is 16.2. The van der Waals surface area contributed by atoms with Gasteiger partial charge in [0.25, 0.3) is 0 Å². The molecule has 0 radical (unpaired) electrons. The molecule has 3 aromatic rings. The molecule has 1 aromatic heterocycles. The molecular weight excluding hydrogens is 301 g/mol. The van der Waals surface area contributed by atoms with E-state index in [1.165, 1.54) is 24.6 Å². The molecule has 0 aliphatic heterocycles. The molecule has 0 bridgehead atoms. The molecule has 0 aliphatic rings. The number of para-hydroxylation sites is 1. The topological polar surface area (TPSA) is 88.2 Å². The number of carboxylic acid groups (broad SMARTS) is 1. The number of carbonyl (C=O) groups is 1. The monoisotopic (exact) mass is 313 g/mol. The van der Waals surface area contributed by atoms with Crippen molar-refractivity contribution in [2.24, 2.45) is 0 Å². The Morgan fingerprint density at radius 1 is 1.22 bits per heavy atom. The summed E-state index contributed by atoms with van der Waals surface area (Å²) in [5.74, 6) is -1.11. The predicted molar refractivity (Wildman–Crippen MR) is 80.4 cm³/mol. The molecule has 0 saturated carbocycles. The zero-order valence-electron chi connectivity index (χ0n) is 11.9. The maximum absolute atomic E-state index is 12.9. The van der Waals surface area contributed by atoms with Crippen LogP contribution in [0.4, 0.5) is 10.1 Å². The normalized spacial score (nSPS) is 10.5. The van der Waals surface area contributed by atoms with E-state index >= 15 is 0 Å². The molecule has 0 atom stereocenters. The Morgan fingerprint density at radius 3 is 2.65 bits per heavy atom. The Balaban J connectivity index is 1.95. The van der Waals surface area contributed by atoms with Crippen LogP contribution in [-0.4, -0.2) is 21.2 Å². The van der Waals surface area contributed by atoms with Gasteiger partial charge in [0.2, 0.25) is 12.2 Å². The first-order chi connectivity index (χ1) is 11.1. The third-order valence-corrected chi connectivity index (χ3v) is 3.28. The third-order valence-electron chi connectivity index (χ3n) is 3.28. The number of rotatable bonds is 5. The van der Waals surface area contributed by atoms with Crippen molar-refractivity contribution in [3.63, 3.8) is 0 Å². The smallest absolute Gasteiger partial charge is 0.337 e. The van der Waals surface area contributed by atoms with Crippen LogP contribution in [0.25, 0.3) is 11.4 Å². The highest BCUT2D eigenvalue weighted by Crippen LogP contribution is 2.29. The zero-order valence-corrected chi connectivity index (χ0v) is 11.9. The van der Waals surface area contributed by atoms with Crippen molar-refractivity contribution in [3.8, 4) is 11.4 Å². The second kappa shape index (κ2) is 6.27. The second-order valence-electron chi connectivity index (χ2n) is 4.77. The number of aromatic nitrogens is 2. The lowest BCUT2D eigenvalue weighted by atomic mass is 10.1. The Bertz CT molecular complexity index is 817. The van der Waals surface area contributed by atoms with Gasteiger partial charge in [-0.15, -0.1) is 0 Å². The molecule has 1 heterocycles. The van der Waals surface area contributed by atoms with Crippen molar-refractivity contribution in [2.45, 2.75) is 6.54 Å². The Kier molecular flexibility index (Phi) is 4.01. The highest BCUT2D eigenvalue weighted by Gasteiger charge is 2.17. The quantitative estimate of drug-likeness (QED) is 0.752. The van der Waals surface area contributed by atoms with Crippen LogP contribution >= 0.6 is 0 Å². The minimum Gasteiger partial charge on any atom is -0.478 e. The number of hydrogen-bond donors (Lipinski definition) is 2. The largest absolute Gasteiger partial charge is 0.478 e. The molecule has 116 valence electrons. The van der Waals surface area contributed by atoms with Gasteiger partial charge in [0, 0.05) is 12.1 Å². The summed E-state index contributed by atoms with van der Waals surface area (Å²) in [4.78, 5) is 15.4. The van der Waals surface area contributed by atoms with Gasteiger partial charge in [-0.1, -0.05) is 23.4 Å². The number of hydrogen-bond acceptors (Lipinski definition) is 5. The summed E-state index contributed by atoms with van der Waals surface area (Å²) >= 11 is 0. The first-order valence-electron chi connectivity index (χ1n) is 6.76. The van der Waals surface area contributed by atoms with Crippen LogP contribution in [0, 0.1) is 5.82 Å². The highest BCUT2D eigenvalue weighted by atomic mass is 19.1. The summed E-state index contributed by atoms with van der Waals surface area (Å²) in [5, 5.41) is 16.2. The van der Waals surface area contributed by atoms with Crippen molar-refractivity contribution in [2.75, 3.05) is 5.32 Å². The van der Waals surface area contributed by atoms with Crippen LogP contribution in [0.5, 0.6) is 0 Å². The second-order valence-corrected chi connectivity index (χ2v) is 4.77. The number of aromatic carboxylic acids is 1. The van der Waals surface area contributed by atoms with E-state index < -0.39 is 5.97 Å². The predicted octanol–water partition coefficient (Wildman–Crippen LogP) is 3.19. The molecule has 6 nitrogen and oxygen atoms in total. The van der Waals surface area contributed by atoms with Gasteiger partial charge in [-0.3, -0.25) is 0 Å². The van der Waals surface area contributed by atoms with Crippen molar-refractivity contribution in [1.82, 2.24) is 10.1 Å². The average molecular weight is 313 g/mol. The van der Waals surface area contributed by atoms with Crippen LogP contribution in [0.1, 0.15) is 15.9 Å². The molecule has 7 heteroatoms. The standard InChI is InChI=1S/C16H12FN3O3/c17-11-6-4-10(5-7-11)8-18-14-12(15-19-9-23-20-15)2-1-3-13(14)16(21)22/h1-7,9,18H,8H2,(H,21,22). The SMILES string of the molecule is O=C(O)c1cccc(-c2ncon2)c1NCc1ccc(F)cc1. The summed E-state index contributed by atoms with van der Waals surface area (Å²) in [5.41, 5.74) is 1.80. The van der Waals surface area contributed by atoms with E-state index in [0.29, 0.717) is 17.8 Å². The molecular formula is C16H12FN3O3. The van der Waals surface area contributed by atoms with E-state index in [-0.39, 0.29) is 17.2 Å². The van der Waals surface area contributed by atoms with Gasteiger partial charge in [-0.05, 0) is 29.8 Å². The van der Waals surface area contributed by atoms with Gasteiger partial charge in [0.15, 0.2) is 0 Å². The summed E-state index contributed by atoms with van der Waals surface area (Å²) in [6.07, 6.45) is 1.17. The van der Waals surface area contributed by atoms with Gasteiger partial charge < -0.3 is 14.9 Å². The van der Waals surface area contributed by atoms with Gasteiger partial charge in [0.05, 0.1) is 11.3 Å². The molecule has 2 aromatic carbocycles. The van der Waals surface area contributed by atoms with Gasteiger partial charge in [0.1, 0.15) is 5.82 Å². The summed E-state index contributed by atoms with van der Waals surface area (Å²) in [6, 6.07) is 10.7. The van der Waals surface area contributed by atoms with Crippen LogP contribution in [0.15, 0.2) is 53.4 Å². The fraction of sp³-hybridized carbons (Fsp3) is 0.0625. The number of anilines is 1. The minimum atomic E-state index is -1.07. The number of nitrogens with one attached hydrogen (secondary N) is 1. The maximum atomic E-state index is 12.9. The van der Waals surface area contributed by atoms with Crippen molar-refractivity contribution < 1.29 is 18.8 Å². The van der Waals surface area contributed by atoms with E-state index in [4.69, 9.17) is 4.52 Å². The van der Waals surface area contributed by atoms with E-state index in [1.807, 2.05) is 0 Å². The van der Waals surface area contributed by atoms with Gasteiger partial charge in [-0.25, -0.2) is 9.18 Å². The van der Waals surface area contributed by atoms with Crippen molar-refractivity contribution >= 4 is 11.7 Å². The molecule has 3 rings (SSSR count). The minimum absolute atomic E-state index is 0.0920. The Labute approximate surface area is 130 Å². The van der Waals surface area contributed by atoms with E-state index in [1.54, 1.807) is 24.3 Å². The van der Waals surface area contributed by atoms with Crippen LogP contribution in [0.2, 0.25) is 0 Å². The first kappa shape index (κ1) is 14.7. The lowest BCUT2D eigenvalue weighted by Crippen LogP contribution is -2.08. The van der Waals surface area contributed by atoms with Crippen molar-refractivity contribution in [3.05, 3.63) is 65.8 Å². The number of nitrogens with zero attached hydrogens (tertiary/aromatic N) is 2. The molecule has 0 saturated heterocycles. The van der Waals surface area contributed by atoms with E-state index in [9.17, 15) is 14.3 Å². The van der Waals surface area contributed by atoms with E-state index in [2.05, 4.69) is 15.5 Å². The fourth-order valence-electron chi connectivity index (χ4n) is 2.19. The molecule has 2 N–H and O–H groups in total. The van der Waals surface area contributed by atoms with Crippen LogP contribution < -0.4 is 5.32 Å². The van der Waals surface area contributed by atoms with Crippen LogP contribution in [-0.2, 0) is 6.54 Å². The molecule has 0 spiro atoms. The molecule has 0 amide bonds. The van der Waals surface area contributed by atoms with E-state index in [0.717, 1.165) is 5.56 Å². The lowest BCUT2D eigenvalue weighted by molar-refractivity contribution is 0.0698. The fourth-order valence-corrected chi connectivity index (χ4v) is 2.19. The summed E-state index contributed by atoms with van der Waals surface area (Å²) < 4.78 is 17.7. The first-order valence-corrected chi connectivity index (χ1v) is 6.76.